The third kappa shape index (κ3) is 6.47. The van der Waals surface area contributed by atoms with Gasteiger partial charge in [-0.1, -0.05) is 41.4 Å². The molecule has 2 N–H and O–H groups in total. The molecule has 2 atom stereocenters. The molecule has 0 saturated carbocycles. The number of nitrogens with zero attached hydrogens (tertiary/aromatic N) is 2. The second-order valence-electron chi connectivity index (χ2n) is 8.50. The fraction of sp³-hybridized carbons (Fsp3) is 0.346. The third-order valence-corrected chi connectivity index (χ3v) is 6.90. The predicted octanol–water partition coefficient (Wildman–Crippen LogP) is 4.73. The van der Waals surface area contributed by atoms with E-state index in [4.69, 9.17) is 27.9 Å². The maximum Gasteiger partial charge on any atom is 0.220 e. The van der Waals surface area contributed by atoms with Crippen LogP contribution in [0.2, 0.25) is 10.0 Å². The summed E-state index contributed by atoms with van der Waals surface area (Å²) in [6.07, 6.45) is 6.14. The number of carbonyl (C=O) groups is 1. The molecule has 8 heteroatoms. The van der Waals surface area contributed by atoms with E-state index in [-0.39, 0.29) is 11.9 Å². The number of carbonyl (C=O) groups excluding carboxylic acids is 1. The summed E-state index contributed by atoms with van der Waals surface area (Å²) in [5.74, 6) is 1.83. The first kappa shape index (κ1) is 24.5. The molecule has 0 aliphatic carbocycles. The summed E-state index contributed by atoms with van der Waals surface area (Å²) in [4.78, 5) is 21.7. The molecule has 2 unspecified atom stereocenters. The average molecular weight is 499 g/mol. The molecular weight excluding hydrogens is 471 g/mol. The van der Waals surface area contributed by atoms with E-state index in [2.05, 4.69) is 20.6 Å². The Hall–Kier alpha value is -2.67. The lowest BCUT2D eigenvalue weighted by Crippen LogP contribution is -2.42. The second kappa shape index (κ2) is 11.6. The van der Waals surface area contributed by atoms with Gasteiger partial charge >= 0.3 is 0 Å². The van der Waals surface area contributed by atoms with Gasteiger partial charge in [0.05, 0.1) is 17.2 Å². The van der Waals surface area contributed by atoms with E-state index in [0.717, 1.165) is 42.0 Å². The Balaban J connectivity index is 1.34. The summed E-state index contributed by atoms with van der Waals surface area (Å²) in [5.41, 5.74) is 3.00. The number of ether oxygens (including phenoxy) is 1. The summed E-state index contributed by atoms with van der Waals surface area (Å²) in [5, 5.41) is 7.69. The quantitative estimate of drug-likeness (QED) is 0.445. The zero-order valence-electron chi connectivity index (χ0n) is 19.1. The summed E-state index contributed by atoms with van der Waals surface area (Å²) in [6.45, 7) is 1.86. The molecule has 3 aromatic rings. The molecule has 1 amide bonds. The van der Waals surface area contributed by atoms with Crippen molar-refractivity contribution in [1.82, 2.24) is 20.6 Å². The van der Waals surface area contributed by atoms with Gasteiger partial charge in [-0.15, -0.1) is 0 Å². The molecular formula is C26H28Cl2N4O2. The van der Waals surface area contributed by atoms with Gasteiger partial charge in [0.2, 0.25) is 5.91 Å². The number of aromatic nitrogens is 2. The van der Waals surface area contributed by atoms with E-state index in [9.17, 15) is 4.79 Å². The van der Waals surface area contributed by atoms with Gasteiger partial charge in [-0.3, -0.25) is 4.79 Å². The molecule has 34 heavy (non-hydrogen) atoms. The number of hydrogen-bond donors (Lipinski definition) is 2. The van der Waals surface area contributed by atoms with E-state index < -0.39 is 0 Å². The van der Waals surface area contributed by atoms with Crippen molar-refractivity contribution in [1.29, 1.82) is 0 Å². The maximum atomic E-state index is 12.8. The SMILES string of the molecule is COc1ccc(-c2cnc(CCC(=O)NC(Cc3ccc(Cl)c(Cl)c3)C3CCNC3)nc2)cc1. The zero-order valence-corrected chi connectivity index (χ0v) is 20.6. The number of amides is 1. The van der Waals surface area contributed by atoms with Gasteiger partial charge < -0.3 is 15.4 Å². The molecule has 1 aliphatic rings. The summed E-state index contributed by atoms with van der Waals surface area (Å²) >= 11 is 12.2. The van der Waals surface area contributed by atoms with Crippen molar-refractivity contribution in [2.24, 2.45) is 5.92 Å². The Kier molecular flexibility index (Phi) is 8.38. The first-order chi connectivity index (χ1) is 16.5. The largest absolute Gasteiger partial charge is 0.497 e. The summed E-state index contributed by atoms with van der Waals surface area (Å²) in [6, 6.07) is 13.4. The van der Waals surface area contributed by atoms with Crippen molar-refractivity contribution in [2.75, 3.05) is 20.2 Å². The van der Waals surface area contributed by atoms with Crippen LogP contribution in [0, 0.1) is 5.92 Å². The third-order valence-electron chi connectivity index (χ3n) is 6.16. The fourth-order valence-electron chi connectivity index (χ4n) is 4.20. The lowest BCUT2D eigenvalue weighted by atomic mass is 9.92. The lowest BCUT2D eigenvalue weighted by Gasteiger charge is -2.24. The Labute approximate surface area is 210 Å². The van der Waals surface area contributed by atoms with Crippen molar-refractivity contribution in [3.8, 4) is 16.9 Å². The molecule has 1 fully saturated rings. The van der Waals surface area contributed by atoms with Gasteiger partial charge in [-0.25, -0.2) is 9.97 Å². The van der Waals surface area contributed by atoms with Crippen LogP contribution in [0.25, 0.3) is 11.1 Å². The molecule has 2 heterocycles. The van der Waals surface area contributed by atoms with Crippen molar-refractivity contribution >= 4 is 29.1 Å². The molecule has 6 nitrogen and oxygen atoms in total. The van der Waals surface area contributed by atoms with E-state index >= 15 is 0 Å². The summed E-state index contributed by atoms with van der Waals surface area (Å²) < 4.78 is 5.20. The molecule has 0 bridgehead atoms. The smallest absolute Gasteiger partial charge is 0.220 e. The van der Waals surface area contributed by atoms with Crippen molar-refractivity contribution in [3.05, 3.63) is 76.3 Å². The minimum absolute atomic E-state index is 0.000193. The van der Waals surface area contributed by atoms with Crippen molar-refractivity contribution < 1.29 is 9.53 Å². The van der Waals surface area contributed by atoms with Crippen LogP contribution in [-0.4, -0.2) is 42.1 Å². The van der Waals surface area contributed by atoms with E-state index in [1.165, 1.54) is 0 Å². The highest BCUT2D eigenvalue weighted by molar-refractivity contribution is 6.42. The number of aryl methyl sites for hydroxylation is 1. The molecule has 1 aliphatic heterocycles. The van der Waals surface area contributed by atoms with Gasteiger partial charge in [-0.05, 0) is 67.2 Å². The number of nitrogens with one attached hydrogen (secondary N) is 2. The molecule has 0 radical (unpaired) electrons. The molecule has 1 saturated heterocycles. The molecule has 178 valence electrons. The van der Waals surface area contributed by atoms with Crippen molar-refractivity contribution in [2.45, 2.75) is 31.7 Å². The minimum Gasteiger partial charge on any atom is -0.497 e. The van der Waals surface area contributed by atoms with Gasteiger partial charge in [0, 0.05) is 36.8 Å². The number of rotatable bonds is 9. The molecule has 1 aromatic heterocycles. The van der Waals surface area contributed by atoms with Crippen LogP contribution in [0.5, 0.6) is 5.75 Å². The lowest BCUT2D eigenvalue weighted by molar-refractivity contribution is -0.122. The van der Waals surface area contributed by atoms with Gasteiger partial charge in [0.1, 0.15) is 11.6 Å². The fourth-order valence-corrected chi connectivity index (χ4v) is 4.52. The number of benzene rings is 2. The summed E-state index contributed by atoms with van der Waals surface area (Å²) in [7, 11) is 1.64. The standard InChI is InChI=1S/C26H28Cl2N4O2/c1-34-21-5-3-18(4-6-21)20-15-30-25(31-16-20)8-9-26(33)32-24(19-10-11-29-14-19)13-17-2-7-22(27)23(28)12-17/h2-7,12,15-16,19,24,29H,8-11,13-14H2,1H3,(H,32,33). The van der Waals surface area contributed by atoms with Crippen LogP contribution in [0.15, 0.2) is 54.9 Å². The highest BCUT2D eigenvalue weighted by Crippen LogP contribution is 2.25. The van der Waals surface area contributed by atoms with Crippen LogP contribution in [0.3, 0.4) is 0 Å². The van der Waals surface area contributed by atoms with Crippen LogP contribution >= 0.6 is 23.2 Å². The first-order valence-electron chi connectivity index (χ1n) is 11.4. The number of halogens is 2. The monoisotopic (exact) mass is 498 g/mol. The second-order valence-corrected chi connectivity index (χ2v) is 9.31. The van der Waals surface area contributed by atoms with Crippen LogP contribution in [0.4, 0.5) is 0 Å². The number of hydrogen-bond acceptors (Lipinski definition) is 5. The van der Waals surface area contributed by atoms with E-state index in [1.54, 1.807) is 25.6 Å². The maximum absolute atomic E-state index is 12.8. The van der Waals surface area contributed by atoms with Crippen LogP contribution in [0.1, 0.15) is 24.2 Å². The van der Waals surface area contributed by atoms with Gasteiger partial charge in [0.15, 0.2) is 0 Å². The Morgan fingerprint density at radius 1 is 1.12 bits per heavy atom. The highest BCUT2D eigenvalue weighted by Gasteiger charge is 2.26. The molecule has 2 aromatic carbocycles. The minimum atomic E-state index is -0.000193. The van der Waals surface area contributed by atoms with Crippen LogP contribution < -0.4 is 15.4 Å². The predicted molar refractivity (Wildman–Crippen MR) is 135 cm³/mol. The van der Waals surface area contributed by atoms with Gasteiger partial charge in [0.25, 0.3) is 0 Å². The Bertz CT molecular complexity index is 1100. The van der Waals surface area contributed by atoms with E-state index in [1.807, 2.05) is 36.4 Å². The Morgan fingerprint density at radius 3 is 2.53 bits per heavy atom. The topological polar surface area (TPSA) is 76.1 Å². The normalized spacial score (nSPS) is 16.3. The van der Waals surface area contributed by atoms with Crippen LogP contribution in [-0.2, 0) is 17.6 Å². The zero-order chi connectivity index (χ0) is 23.9. The highest BCUT2D eigenvalue weighted by atomic mass is 35.5. The number of methoxy groups -OCH3 is 1. The Morgan fingerprint density at radius 2 is 1.88 bits per heavy atom. The van der Waals surface area contributed by atoms with E-state index in [0.29, 0.717) is 41.1 Å². The average Bonchev–Trinajstić information content (AvgIpc) is 3.40. The van der Waals surface area contributed by atoms with Crippen molar-refractivity contribution in [3.63, 3.8) is 0 Å². The molecule has 4 rings (SSSR count). The van der Waals surface area contributed by atoms with Gasteiger partial charge in [-0.2, -0.15) is 0 Å². The molecule has 0 spiro atoms. The first-order valence-corrected chi connectivity index (χ1v) is 12.2.